The van der Waals surface area contributed by atoms with Crippen LogP contribution >= 0.6 is 0 Å². The van der Waals surface area contributed by atoms with Crippen LogP contribution in [0.15, 0.2) is 18.5 Å². The van der Waals surface area contributed by atoms with E-state index in [1.807, 2.05) is 12.4 Å². The molecule has 2 heterocycles. The number of nitrogens with zero attached hydrogens (tertiary/aromatic N) is 2. The van der Waals surface area contributed by atoms with E-state index in [9.17, 15) is 0 Å². The molecule has 1 saturated heterocycles. The lowest BCUT2D eigenvalue weighted by atomic mass is 9.96. The number of aromatic nitrogens is 1. The Labute approximate surface area is 117 Å². The van der Waals surface area contributed by atoms with Crippen LogP contribution in [0.1, 0.15) is 37.8 Å². The molecule has 2 rings (SSSR count). The summed E-state index contributed by atoms with van der Waals surface area (Å²) in [5, 5.41) is 3.45. The third-order valence-corrected chi connectivity index (χ3v) is 4.20. The van der Waals surface area contributed by atoms with Gasteiger partial charge in [-0.2, -0.15) is 0 Å². The highest BCUT2D eigenvalue weighted by Crippen LogP contribution is 2.18. The Morgan fingerprint density at radius 3 is 2.74 bits per heavy atom. The zero-order chi connectivity index (χ0) is 13.7. The van der Waals surface area contributed by atoms with Crippen molar-refractivity contribution in [3.63, 3.8) is 0 Å². The number of rotatable bonds is 5. The standard InChI is InChI=1S/C16H27N3/c1-13(2)19(11-15-5-8-17-9-6-15)12-16-10-18-7-4-14(16)3/h4,7,10,13,15,17H,5-6,8-9,11-12H2,1-3H3. The molecule has 0 amide bonds. The monoisotopic (exact) mass is 261 g/mol. The number of hydrogen-bond acceptors (Lipinski definition) is 3. The summed E-state index contributed by atoms with van der Waals surface area (Å²) < 4.78 is 0. The lowest BCUT2D eigenvalue weighted by molar-refractivity contribution is 0.161. The van der Waals surface area contributed by atoms with E-state index in [4.69, 9.17) is 0 Å². The van der Waals surface area contributed by atoms with E-state index in [2.05, 4.69) is 42.0 Å². The normalized spacial score (nSPS) is 17.3. The highest BCUT2D eigenvalue weighted by atomic mass is 15.1. The van der Waals surface area contributed by atoms with Crippen LogP contribution in [0.3, 0.4) is 0 Å². The Morgan fingerprint density at radius 1 is 1.37 bits per heavy atom. The van der Waals surface area contributed by atoms with E-state index in [1.54, 1.807) is 0 Å². The summed E-state index contributed by atoms with van der Waals surface area (Å²) in [6.07, 6.45) is 6.53. The smallest absolute Gasteiger partial charge is 0.0315 e. The van der Waals surface area contributed by atoms with Crippen LogP contribution in [0.25, 0.3) is 0 Å². The van der Waals surface area contributed by atoms with E-state index < -0.39 is 0 Å². The molecule has 0 unspecified atom stereocenters. The molecular weight excluding hydrogens is 234 g/mol. The fraction of sp³-hybridized carbons (Fsp3) is 0.688. The first-order chi connectivity index (χ1) is 9.16. The van der Waals surface area contributed by atoms with Gasteiger partial charge in [-0.15, -0.1) is 0 Å². The minimum Gasteiger partial charge on any atom is -0.317 e. The first-order valence-corrected chi connectivity index (χ1v) is 7.51. The van der Waals surface area contributed by atoms with Gasteiger partial charge in [-0.3, -0.25) is 9.88 Å². The molecule has 106 valence electrons. The Bertz CT molecular complexity index is 383. The molecule has 1 aliphatic rings. The van der Waals surface area contributed by atoms with Gasteiger partial charge in [0.25, 0.3) is 0 Å². The van der Waals surface area contributed by atoms with Crippen LogP contribution in [0, 0.1) is 12.8 Å². The lowest BCUT2D eigenvalue weighted by Crippen LogP contribution is -2.39. The Kier molecular flexibility index (Phi) is 5.34. The minimum atomic E-state index is 0.592. The molecule has 0 aromatic carbocycles. The molecule has 0 saturated carbocycles. The molecule has 1 aliphatic heterocycles. The molecular formula is C16H27N3. The maximum atomic E-state index is 4.27. The topological polar surface area (TPSA) is 28.2 Å². The molecule has 0 atom stereocenters. The highest BCUT2D eigenvalue weighted by Gasteiger charge is 2.19. The zero-order valence-electron chi connectivity index (χ0n) is 12.5. The van der Waals surface area contributed by atoms with Crippen molar-refractivity contribution in [3.8, 4) is 0 Å². The fourth-order valence-electron chi connectivity index (χ4n) is 2.73. The summed E-state index contributed by atoms with van der Waals surface area (Å²) in [4.78, 5) is 6.87. The van der Waals surface area contributed by atoms with Gasteiger partial charge in [0.05, 0.1) is 0 Å². The van der Waals surface area contributed by atoms with Crippen molar-refractivity contribution in [1.29, 1.82) is 0 Å². The molecule has 1 fully saturated rings. The lowest BCUT2D eigenvalue weighted by Gasteiger charge is -2.33. The van der Waals surface area contributed by atoms with E-state index in [1.165, 1.54) is 43.6 Å². The molecule has 0 radical (unpaired) electrons. The van der Waals surface area contributed by atoms with Gasteiger partial charge in [0.2, 0.25) is 0 Å². The number of piperidine rings is 1. The van der Waals surface area contributed by atoms with Gasteiger partial charge in [-0.25, -0.2) is 0 Å². The van der Waals surface area contributed by atoms with Gasteiger partial charge in [0.15, 0.2) is 0 Å². The van der Waals surface area contributed by atoms with Gasteiger partial charge in [-0.1, -0.05) is 0 Å². The molecule has 19 heavy (non-hydrogen) atoms. The Morgan fingerprint density at radius 2 is 2.11 bits per heavy atom. The van der Waals surface area contributed by atoms with Crippen molar-refractivity contribution in [3.05, 3.63) is 29.6 Å². The molecule has 1 aromatic rings. The second-order valence-electron chi connectivity index (χ2n) is 6.02. The largest absolute Gasteiger partial charge is 0.317 e. The minimum absolute atomic E-state index is 0.592. The maximum Gasteiger partial charge on any atom is 0.0315 e. The first kappa shape index (κ1) is 14.5. The van der Waals surface area contributed by atoms with Crippen LogP contribution in [0.4, 0.5) is 0 Å². The van der Waals surface area contributed by atoms with Crippen LogP contribution in [-0.4, -0.2) is 35.6 Å². The predicted molar refractivity (Wildman–Crippen MR) is 80.1 cm³/mol. The summed E-state index contributed by atoms with van der Waals surface area (Å²) in [5.41, 5.74) is 2.72. The zero-order valence-corrected chi connectivity index (χ0v) is 12.5. The number of aryl methyl sites for hydroxylation is 1. The summed E-state index contributed by atoms with van der Waals surface area (Å²) in [7, 11) is 0. The average Bonchev–Trinajstić information content (AvgIpc) is 2.41. The fourth-order valence-corrected chi connectivity index (χ4v) is 2.73. The summed E-state index contributed by atoms with van der Waals surface area (Å²) in [6.45, 7) is 11.4. The summed E-state index contributed by atoms with van der Waals surface area (Å²) in [6, 6.07) is 2.70. The van der Waals surface area contributed by atoms with Crippen molar-refractivity contribution in [2.75, 3.05) is 19.6 Å². The quantitative estimate of drug-likeness (QED) is 0.883. The van der Waals surface area contributed by atoms with Crippen molar-refractivity contribution in [2.24, 2.45) is 5.92 Å². The van der Waals surface area contributed by atoms with Gasteiger partial charge in [0, 0.05) is 31.5 Å². The van der Waals surface area contributed by atoms with Crippen LogP contribution in [0.2, 0.25) is 0 Å². The van der Waals surface area contributed by atoms with Gasteiger partial charge >= 0.3 is 0 Å². The van der Waals surface area contributed by atoms with Crippen molar-refractivity contribution < 1.29 is 0 Å². The van der Waals surface area contributed by atoms with E-state index in [0.717, 1.165) is 12.5 Å². The number of pyridine rings is 1. The number of nitrogens with one attached hydrogen (secondary N) is 1. The van der Waals surface area contributed by atoms with Crippen LogP contribution < -0.4 is 5.32 Å². The second kappa shape index (κ2) is 7.01. The summed E-state index contributed by atoms with van der Waals surface area (Å²) >= 11 is 0. The van der Waals surface area contributed by atoms with Crippen molar-refractivity contribution >= 4 is 0 Å². The molecule has 0 bridgehead atoms. The molecule has 3 nitrogen and oxygen atoms in total. The SMILES string of the molecule is Cc1ccncc1CN(CC1CCNCC1)C(C)C. The van der Waals surface area contributed by atoms with E-state index in [-0.39, 0.29) is 0 Å². The predicted octanol–water partition coefficient (Wildman–Crippen LogP) is 2.60. The third-order valence-electron chi connectivity index (χ3n) is 4.20. The van der Waals surface area contributed by atoms with Gasteiger partial charge in [-0.05, 0) is 69.8 Å². The van der Waals surface area contributed by atoms with Crippen molar-refractivity contribution in [2.45, 2.75) is 46.2 Å². The average molecular weight is 261 g/mol. The maximum absolute atomic E-state index is 4.27. The van der Waals surface area contributed by atoms with E-state index >= 15 is 0 Å². The van der Waals surface area contributed by atoms with Crippen LogP contribution in [-0.2, 0) is 6.54 Å². The highest BCUT2D eigenvalue weighted by molar-refractivity contribution is 5.21. The molecule has 0 aliphatic carbocycles. The molecule has 3 heteroatoms. The van der Waals surface area contributed by atoms with Gasteiger partial charge < -0.3 is 5.32 Å². The van der Waals surface area contributed by atoms with Crippen LogP contribution in [0.5, 0.6) is 0 Å². The molecule has 1 N–H and O–H groups in total. The second-order valence-corrected chi connectivity index (χ2v) is 6.02. The summed E-state index contributed by atoms with van der Waals surface area (Å²) in [5.74, 6) is 0.848. The third kappa shape index (κ3) is 4.29. The Balaban J connectivity index is 1.97. The molecule has 0 spiro atoms. The first-order valence-electron chi connectivity index (χ1n) is 7.51. The van der Waals surface area contributed by atoms with Gasteiger partial charge in [0.1, 0.15) is 0 Å². The number of hydrogen-bond donors (Lipinski definition) is 1. The van der Waals surface area contributed by atoms with Crippen molar-refractivity contribution in [1.82, 2.24) is 15.2 Å². The van der Waals surface area contributed by atoms with E-state index in [0.29, 0.717) is 6.04 Å². The molecule has 1 aromatic heterocycles. The Hall–Kier alpha value is -0.930.